The monoisotopic (exact) mass is 219 g/mol. The van der Waals surface area contributed by atoms with Crippen LogP contribution in [-0.4, -0.2) is 5.97 Å². The van der Waals surface area contributed by atoms with Crippen LogP contribution in [0.25, 0.3) is 0 Å². The summed E-state index contributed by atoms with van der Waals surface area (Å²) < 4.78 is 0. The number of benzene rings is 1. The van der Waals surface area contributed by atoms with E-state index in [9.17, 15) is 10.1 Å². The molecule has 0 amide bonds. The molecule has 1 atom stereocenters. The van der Waals surface area contributed by atoms with E-state index in [1.54, 1.807) is 31.2 Å². The van der Waals surface area contributed by atoms with Gasteiger partial charge >= 0.3 is 5.97 Å². The largest absolute Gasteiger partial charge is 0.339 e. The Morgan fingerprint density at radius 2 is 2.06 bits per heavy atom. The summed E-state index contributed by atoms with van der Waals surface area (Å²) in [5.74, 6) is -0.580. The van der Waals surface area contributed by atoms with Gasteiger partial charge in [0.15, 0.2) is 0 Å². The van der Waals surface area contributed by atoms with Crippen molar-refractivity contribution in [3.8, 4) is 6.07 Å². The highest BCUT2D eigenvalue weighted by atomic mass is 17.2. The molecule has 1 aromatic carbocycles. The Kier molecular flexibility index (Phi) is 4.03. The third-order valence-corrected chi connectivity index (χ3v) is 2.22. The smallest absolute Gasteiger partial charge is 0.297 e. The van der Waals surface area contributed by atoms with Gasteiger partial charge in [-0.25, -0.2) is 4.79 Å². The minimum Gasteiger partial charge on any atom is -0.297 e. The lowest BCUT2D eigenvalue weighted by atomic mass is 9.93. The van der Waals surface area contributed by atoms with E-state index in [4.69, 9.17) is 4.89 Å². The molecule has 84 valence electrons. The van der Waals surface area contributed by atoms with Gasteiger partial charge in [0, 0.05) is 12.5 Å². The van der Waals surface area contributed by atoms with Crippen LogP contribution in [0.3, 0.4) is 0 Å². The van der Waals surface area contributed by atoms with Gasteiger partial charge in [-0.3, -0.25) is 4.89 Å². The van der Waals surface area contributed by atoms with Gasteiger partial charge in [0.1, 0.15) is 6.07 Å². The highest BCUT2D eigenvalue weighted by Gasteiger charge is 2.34. The first-order valence-electron chi connectivity index (χ1n) is 4.97. The second-order valence-corrected chi connectivity index (χ2v) is 3.32. The first-order valence-corrected chi connectivity index (χ1v) is 4.97. The van der Waals surface area contributed by atoms with Crippen LogP contribution in [0.2, 0.25) is 0 Å². The summed E-state index contributed by atoms with van der Waals surface area (Å²) in [5.41, 5.74) is -0.561. The van der Waals surface area contributed by atoms with Gasteiger partial charge in [-0.15, -0.1) is 0 Å². The minimum absolute atomic E-state index is 0.390. The number of nitrogens with zero attached hydrogens (tertiary/aromatic N) is 1. The molecule has 1 rings (SSSR count). The average Bonchev–Trinajstić information content (AvgIpc) is 2.32. The van der Waals surface area contributed by atoms with Gasteiger partial charge in [-0.2, -0.15) is 10.1 Å². The maximum atomic E-state index is 10.7. The zero-order chi connectivity index (χ0) is 12.0. The molecule has 0 aliphatic carbocycles. The first-order chi connectivity index (χ1) is 7.64. The maximum absolute atomic E-state index is 10.7. The fourth-order valence-corrected chi connectivity index (χ4v) is 1.31. The fourth-order valence-electron chi connectivity index (χ4n) is 1.31. The molecule has 0 saturated heterocycles. The first kappa shape index (κ1) is 12.2. The number of rotatable bonds is 4. The summed E-state index contributed by atoms with van der Waals surface area (Å²) >= 11 is 0. The quantitative estimate of drug-likeness (QED) is 0.576. The van der Waals surface area contributed by atoms with Crippen molar-refractivity contribution < 1.29 is 14.6 Å². The Bertz CT molecular complexity index is 396. The Balaban J connectivity index is 2.98. The predicted molar refractivity (Wildman–Crippen MR) is 56.9 cm³/mol. The lowest BCUT2D eigenvalue weighted by Gasteiger charge is -2.23. The fraction of sp³-hybridized carbons (Fsp3) is 0.333. The zero-order valence-electron chi connectivity index (χ0n) is 9.27. The van der Waals surface area contributed by atoms with Crippen LogP contribution in [0.1, 0.15) is 25.8 Å². The standard InChI is InChI=1S/C12H13NO3/c1-3-12(9-13,16-15-10(2)14)11-7-5-4-6-8-11/h4-8H,3H2,1-2H3. The van der Waals surface area contributed by atoms with Gasteiger partial charge in [0.25, 0.3) is 0 Å². The van der Waals surface area contributed by atoms with Crippen LogP contribution in [-0.2, 0) is 20.2 Å². The van der Waals surface area contributed by atoms with Crippen molar-refractivity contribution in [1.82, 2.24) is 0 Å². The van der Waals surface area contributed by atoms with Crippen molar-refractivity contribution >= 4 is 5.97 Å². The van der Waals surface area contributed by atoms with E-state index < -0.39 is 11.6 Å². The maximum Gasteiger partial charge on any atom is 0.339 e. The van der Waals surface area contributed by atoms with Crippen molar-refractivity contribution in [2.24, 2.45) is 0 Å². The zero-order valence-corrected chi connectivity index (χ0v) is 9.27. The van der Waals surface area contributed by atoms with E-state index in [1.807, 2.05) is 12.1 Å². The Labute approximate surface area is 94.3 Å². The van der Waals surface area contributed by atoms with Crippen molar-refractivity contribution in [2.45, 2.75) is 25.9 Å². The summed E-state index contributed by atoms with van der Waals surface area (Å²) in [4.78, 5) is 20.1. The molecular formula is C12H13NO3. The summed E-state index contributed by atoms with van der Waals surface area (Å²) in [7, 11) is 0. The van der Waals surface area contributed by atoms with E-state index in [2.05, 4.69) is 4.89 Å². The summed E-state index contributed by atoms with van der Waals surface area (Å²) in [5, 5.41) is 9.18. The van der Waals surface area contributed by atoms with E-state index in [0.717, 1.165) is 0 Å². The van der Waals surface area contributed by atoms with E-state index >= 15 is 0 Å². The van der Waals surface area contributed by atoms with Crippen molar-refractivity contribution in [2.75, 3.05) is 0 Å². The summed E-state index contributed by atoms with van der Waals surface area (Å²) in [6, 6.07) is 11.0. The van der Waals surface area contributed by atoms with Gasteiger partial charge in [0.2, 0.25) is 5.60 Å². The lowest BCUT2D eigenvalue weighted by molar-refractivity contribution is -0.322. The van der Waals surface area contributed by atoms with Gasteiger partial charge < -0.3 is 0 Å². The molecular weight excluding hydrogens is 206 g/mol. The van der Waals surface area contributed by atoms with E-state index in [-0.39, 0.29) is 0 Å². The number of hydrogen-bond donors (Lipinski definition) is 0. The van der Waals surface area contributed by atoms with Crippen molar-refractivity contribution in [3.63, 3.8) is 0 Å². The van der Waals surface area contributed by atoms with Crippen LogP contribution in [0.5, 0.6) is 0 Å². The Morgan fingerprint density at radius 3 is 2.50 bits per heavy atom. The van der Waals surface area contributed by atoms with Crippen LogP contribution in [0.15, 0.2) is 30.3 Å². The Morgan fingerprint density at radius 1 is 1.44 bits per heavy atom. The molecule has 0 aliphatic rings. The molecule has 0 spiro atoms. The van der Waals surface area contributed by atoms with Crippen LogP contribution >= 0.6 is 0 Å². The average molecular weight is 219 g/mol. The second kappa shape index (κ2) is 5.29. The van der Waals surface area contributed by atoms with Gasteiger partial charge in [-0.05, 0) is 6.42 Å². The van der Waals surface area contributed by atoms with Crippen LogP contribution < -0.4 is 0 Å². The van der Waals surface area contributed by atoms with E-state index in [1.165, 1.54) is 6.92 Å². The highest BCUT2D eigenvalue weighted by Crippen LogP contribution is 2.28. The molecule has 0 radical (unpaired) electrons. The molecule has 0 aromatic heterocycles. The molecule has 0 aliphatic heterocycles. The molecule has 0 heterocycles. The third-order valence-electron chi connectivity index (χ3n) is 2.22. The molecule has 0 N–H and O–H groups in total. The highest BCUT2D eigenvalue weighted by molar-refractivity contribution is 5.65. The number of carbonyl (C=O) groups excluding carboxylic acids is 1. The molecule has 1 unspecified atom stereocenters. The van der Waals surface area contributed by atoms with Gasteiger partial charge in [0.05, 0.1) is 0 Å². The van der Waals surface area contributed by atoms with Gasteiger partial charge in [-0.1, -0.05) is 37.3 Å². The van der Waals surface area contributed by atoms with Crippen molar-refractivity contribution in [1.29, 1.82) is 5.26 Å². The molecule has 16 heavy (non-hydrogen) atoms. The molecule has 4 heteroatoms. The second-order valence-electron chi connectivity index (χ2n) is 3.32. The van der Waals surface area contributed by atoms with E-state index in [0.29, 0.717) is 12.0 Å². The SMILES string of the molecule is CCC(C#N)(OOC(C)=O)c1ccccc1. The molecule has 0 bridgehead atoms. The molecule has 1 aromatic rings. The number of carbonyl (C=O) groups is 1. The normalized spacial score (nSPS) is 13.6. The minimum atomic E-state index is -1.23. The summed E-state index contributed by atoms with van der Waals surface area (Å²) in [6.07, 6.45) is 0.390. The molecule has 0 saturated carbocycles. The number of hydrogen-bond acceptors (Lipinski definition) is 4. The topological polar surface area (TPSA) is 59.3 Å². The number of nitriles is 1. The lowest BCUT2D eigenvalue weighted by Crippen LogP contribution is -2.28. The third kappa shape index (κ3) is 2.59. The molecule has 0 fully saturated rings. The van der Waals surface area contributed by atoms with Crippen LogP contribution in [0, 0.1) is 11.3 Å². The Hall–Kier alpha value is -1.86. The molecule has 4 nitrogen and oxygen atoms in total. The van der Waals surface area contributed by atoms with Crippen LogP contribution in [0.4, 0.5) is 0 Å². The predicted octanol–water partition coefficient (Wildman–Crippen LogP) is 2.31. The summed E-state index contributed by atoms with van der Waals surface area (Å²) in [6.45, 7) is 3.02. The van der Waals surface area contributed by atoms with Crippen molar-refractivity contribution in [3.05, 3.63) is 35.9 Å².